The minimum atomic E-state index is -0.175. The number of hydrogen-bond donors (Lipinski definition) is 1. The van der Waals surface area contributed by atoms with Crippen molar-refractivity contribution < 1.29 is 14.1 Å². The molecule has 2 aromatic rings. The minimum absolute atomic E-state index is 0.175. The van der Waals surface area contributed by atoms with E-state index < -0.39 is 0 Å². The molecular formula is C18H23N3O3. The normalized spacial score (nSPS) is 15.4. The van der Waals surface area contributed by atoms with E-state index in [-0.39, 0.29) is 5.91 Å². The predicted molar refractivity (Wildman–Crippen MR) is 89.8 cm³/mol. The van der Waals surface area contributed by atoms with E-state index in [1.165, 1.54) is 5.56 Å². The van der Waals surface area contributed by atoms with Gasteiger partial charge in [0.2, 0.25) is 0 Å². The van der Waals surface area contributed by atoms with Crippen LogP contribution < -0.4 is 5.32 Å². The Morgan fingerprint density at radius 3 is 2.75 bits per heavy atom. The van der Waals surface area contributed by atoms with Gasteiger partial charge < -0.3 is 14.6 Å². The van der Waals surface area contributed by atoms with Crippen molar-refractivity contribution in [2.24, 2.45) is 0 Å². The van der Waals surface area contributed by atoms with Crippen molar-refractivity contribution in [1.82, 2.24) is 15.4 Å². The fourth-order valence-corrected chi connectivity index (χ4v) is 2.79. The highest BCUT2D eigenvalue weighted by atomic mass is 16.5. The van der Waals surface area contributed by atoms with Crippen molar-refractivity contribution in [3.8, 4) is 0 Å². The van der Waals surface area contributed by atoms with Crippen LogP contribution in [0.25, 0.3) is 0 Å². The second-order valence-corrected chi connectivity index (χ2v) is 5.95. The fourth-order valence-electron chi connectivity index (χ4n) is 2.79. The fraction of sp³-hybridized carbons (Fsp3) is 0.444. The van der Waals surface area contributed by atoms with Crippen molar-refractivity contribution in [3.63, 3.8) is 0 Å². The summed E-state index contributed by atoms with van der Waals surface area (Å²) >= 11 is 0. The lowest BCUT2D eigenvalue weighted by atomic mass is 10.1. The van der Waals surface area contributed by atoms with E-state index in [2.05, 4.69) is 27.5 Å². The van der Waals surface area contributed by atoms with E-state index in [0.29, 0.717) is 24.5 Å². The molecule has 2 heterocycles. The van der Waals surface area contributed by atoms with Gasteiger partial charge in [-0.2, -0.15) is 0 Å². The van der Waals surface area contributed by atoms with Gasteiger partial charge in [-0.3, -0.25) is 9.69 Å². The molecular weight excluding hydrogens is 306 g/mol. The molecule has 3 rings (SSSR count). The monoisotopic (exact) mass is 329 g/mol. The molecule has 0 atom stereocenters. The summed E-state index contributed by atoms with van der Waals surface area (Å²) in [5.74, 6) is 0.528. The Hall–Kier alpha value is -2.18. The first-order chi connectivity index (χ1) is 11.7. The van der Waals surface area contributed by atoms with Crippen LogP contribution in [0.15, 0.2) is 34.9 Å². The van der Waals surface area contributed by atoms with Crippen LogP contribution in [0, 0.1) is 6.92 Å². The van der Waals surface area contributed by atoms with Gasteiger partial charge in [-0.05, 0) is 18.9 Å². The average Bonchev–Trinajstić information content (AvgIpc) is 2.97. The highest BCUT2D eigenvalue weighted by molar-refractivity contribution is 5.93. The first-order valence-corrected chi connectivity index (χ1v) is 8.31. The van der Waals surface area contributed by atoms with E-state index >= 15 is 0 Å². The van der Waals surface area contributed by atoms with Crippen molar-refractivity contribution >= 4 is 5.91 Å². The number of carbonyl (C=O) groups is 1. The number of nitrogens with one attached hydrogen (secondary N) is 1. The van der Waals surface area contributed by atoms with Crippen LogP contribution in [0.3, 0.4) is 0 Å². The maximum Gasteiger partial charge on any atom is 0.273 e. The van der Waals surface area contributed by atoms with Gasteiger partial charge in [-0.1, -0.05) is 35.5 Å². The highest BCUT2D eigenvalue weighted by Gasteiger charge is 2.22. The molecule has 24 heavy (non-hydrogen) atoms. The number of nitrogens with zero attached hydrogens (tertiary/aromatic N) is 2. The Morgan fingerprint density at radius 2 is 2.00 bits per heavy atom. The van der Waals surface area contributed by atoms with Crippen molar-refractivity contribution in [1.29, 1.82) is 0 Å². The summed E-state index contributed by atoms with van der Waals surface area (Å²) in [5, 5.41) is 6.90. The van der Waals surface area contributed by atoms with Crippen LogP contribution in [0.5, 0.6) is 0 Å². The Labute approximate surface area is 141 Å². The van der Waals surface area contributed by atoms with E-state index in [9.17, 15) is 4.79 Å². The van der Waals surface area contributed by atoms with Gasteiger partial charge >= 0.3 is 0 Å². The first-order valence-electron chi connectivity index (χ1n) is 8.31. The molecule has 1 aliphatic rings. The molecule has 0 radical (unpaired) electrons. The van der Waals surface area contributed by atoms with Gasteiger partial charge in [0, 0.05) is 31.7 Å². The van der Waals surface area contributed by atoms with Gasteiger partial charge in [-0.25, -0.2) is 0 Å². The molecule has 0 bridgehead atoms. The van der Waals surface area contributed by atoms with Crippen LogP contribution >= 0.6 is 0 Å². The largest absolute Gasteiger partial charge is 0.379 e. The number of aromatic nitrogens is 1. The molecule has 0 aliphatic carbocycles. The van der Waals surface area contributed by atoms with Crippen LogP contribution in [-0.2, 0) is 17.7 Å². The van der Waals surface area contributed by atoms with Crippen molar-refractivity contribution in [3.05, 3.63) is 52.9 Å². The van der Waals surface area contributed by atoms with E-state index in [1.54, 1.807) is 0 Å². The summed E-state index contributed by atoms with van der Waals surface area (Å²) in [7, 11) is 0. The lowest BCUT2D eigenvalue weighted by Crippen LogP contribution is -2.36. The predicted octanol–water partition coefficient (Wildman–Crippen LogP) is 1.79. The first kappa shape index (κ1) is 16.7. The summed E-state index contributed by atoms with van der Waals surface area (Å²) in [5.41, 5.74) is 2.46. The molecule has 6 nitrogen and oxygen atoms in total. The van der Waals surface area contributed by atoms with Crippen LogP contribution in [-0.4, -0.2) is 48.8 Å². The summed E-state index contributed by atoms with van der Waals surface area (Å²) in [6.07, 6.45) is 0.794. The maximum atomic E-state index is 12.4. The number of aryl methyl sites for hydroxylation is 1. The van der Waals surface area contributed by atoms with Crippen LogP contribution in [0.1, 0.15) is 27.4 Å². The standard InChI is InChI=1S/C18H23N3O3/c1-14-16(13-21-9-11-23-12-10-21)17(20-24-14)18(22)19-8-7-15-5-3-2-4-6-15/h2-6H,7-13H2,1H3,(H,19,22). The third kappa shape index (κ3) is 4.21. The molecule has 128 valence electrons. The number of carbonyl (C=O) groups excluding carboxylic acids is 1. The summed E-state index contributed by atoms with van der Waals surface area (Å²) < 4.78 is 10.6. The summed E-state index contributed by atoms with van der Waals surface area (Å²) in [6, 6.07) is 10.1. The van der Waals surface area contributed by atoms with Gasteiger partial charge in [0.25, 0.3) is 5.91 Å². The zero-order valence-electron chi connectivity index (χ0n) is 14.0. The number of amides is 1. The molecule has 1 N–H and O–H groups in total. The number of rotatable bonds is 6. The average molecular weight is 329 g/mol. The highest BCUT2D eigenvalue weighted by Crippen LogP contribution is 2.17. The summed E-state index contributed by atoms with van der Waals surface area (Å²) in [6.45, 7) is 6.26. The van der Waals surface area contributed by atoms with Gasteiger partial charge in [0.1, 0.15) is 5.76 Å². The minimum Gasteiger partial charge on any atom is -0.379 e. The maximum absolute atomic E-state index is 12.4. The molecule has 1 aromatic carbocycles. The summed E-state index contributed by atoms with van der Waals surface area (Å²) in [4.78, 5) is 14.7. The topological polar surface area (TPSA) is 67.6 Å². The molecule has 1 aliphatic heterocycles. The molecule has 1 saturated heterocycles. The van der Waals surface area contributed by atoms with E-state index in [0.717, 1.165) is 38.3 Å². The zero-order chi connectivity index (χ0) is 16.8. The van der Waals surface area contributed by atoms with Crippen molar-refractivity contribution in [2.45, 2.75) is 19.9 Å². The van der Waals surface area contributed by atoms with E-state index in [1.807, 2.05) is 25.1 Å². The number of hydrogen-bond acceptors (Lipinski definition) is 5. The lowest BCUT2D eigenvalue weighted by molar-refractivity contribution is 0.0339. The van der Waals surface area contributed by atoms with Crippen LogP contribution in [0.4, 0.5) is 0 Å². The van der Waals surface area contributed by atoms with E-state index in [4.69, 9.17) is 9.26 Å². The molecule has 6 heteroatoms. The van der Waals surface area contributed by atoms with Gasteiger partial charge in [-0.15, -0.1) is 0 Å². The Bertz CT molecular complexity index is 663. The SMILES string of the molecule is Cc1onc(C(=O)NCCc2ccccc2)c1CN1CCOCC1. The second-order valence-electron chi connectivity index (χ2n) is 5.95. The third-order valence-corrected chi connectivity index (χ3v) is 4.23. The molecule has 0 spiro atoms. The molecule has 0 saturated carbocycles. The number of benzene rings is 1. The Morgan fingerprint density at radius 1 is 1.25 bits per heavy atom. The third-order valence-electron chi connectivity index (χ3n) is 4.23. The molecule has 1 aromatic heterocycles. The molecule has 1 fully saturated rings. The molecule has 0 unspecified atom stereocenters. The van der Waals surface area contributed by atoms with Crippen LogP contribution in [0.2, 0.25) is 0 Å². The van der Waals surface area contributed by atoms with Gasteiger partial charge in [0.15, 0.2) is 5.69 Å². The molecule has 1 amide bonds. The number of morpholine rings is 1. The second kappa shape index (κ2) is 8.08. The Kier molecular flexibility index (Phi) is 5.61. The zero-order valence-corrected chi connectivity index (χ0v) is 14.0. The number of ether oxygens (including phenoxy) is 1. The lowest BCUT2D eigenvalue weighted by Gasteiger charge is -2.26. The van der Waals surface area contributed by atoms with Crippen molar-refractivity contribution in [2.75, 3.05) is 32.8 Å². The Balaban J connectivity index is 1.58. The smallest absolute Gasteiger partial charge is 0.273 e. The van der Waals surface area contributed by atoms with Gasteiger partial charge in [0.05, 0.1) is 13.2 Å². The quantitative estimate of drug-likeness (QED) is 0.875.